The summed E-state index contributed by atoms with van der Waals surface area (Å²) in [6, 6.07) is 0. The van der Waals surface area contributed by atoms with Crippen LogP contribution in [-0.4, -0.2) is 25.2 Å². The molecule has 0 aromatic carbocycles. The molecule has 1 amide bonds. The van der Waals surface area contributed by atoms with Gasteiger partial charge in [0.15, 0.2) is 0 Å². The predicted octanol–water partition coefficient (Wildman–Crippen LogP) is 1.25. The van der Waals surface area contributed by atoms with E-state index in [0.29, 0.717) is 18.2 Å². The minimum Gasteiger partial charge on any atom is -0.378 e. The zero-order chi connectivity index (χ0) is 9.68. The molecule has 0 bridgehead atoms. The van der Waals surface area contributed by atoms with Crippen molar-refractivity contribution >= 4 is 5.91 Å². The highest BCUT2D eigenvalue weighted by Crippen LogP contribution is 2.14. The van der Waals surface area contributed by atoms with Crippen molar-refractivity contribution in [1.82, 2.24) is 5.32 Å². The Morgan fingerprint density at radius 1 is 1.69 bits per heavy atom. The van der Waals surface area contributed by atoms with Gasteiger partial charge in [-0.25, -0.2) is 0 Å². The van der Waals surface area contributed by atoms with Crippen LogP contribution in [0.25, 0.3) is 0 Å². The molecule has 0 aliphatic carbocycles. The van der Waals surface area contributed by atoms with Crippen LogP contribution < -0.4 is 5.32 Å². The van der Waals surface area contributed by atoms with Crippen LogP contribution in [0.2, 0.25) is 0 Å². The second-order valence-corrected chi connectivity index (χ2v) is 3.46. The average molecular weight is 183 g/mol. The van der Waals surface area contributed by atoms with Gasteiger partial charge < -0.3 is 10.1 Å². The maximum atomic E-state index is 11.1. The van der Waals surface area contributed by atoms with E-state index in [1.165, 1.54) is 0 Å². The van der Waals surface area contributed by atoms with Crippen molar-refractivity contribution in [1.29, 1.82) is 0 Å². The molecule has 3 nitrogen and oxygen atoms in total. The number of rotatable bonds is 4. The molecule has 13 heavy (non-hydrogen) atoms. The fourth-order valence-electron chi connectivity index (χ4n) is 1.37. The molecular formula is C10H17NO2. The fraction of sp³-hybridized carbons (Fsp3) is 0.700. The lowest BCUT2D eigenvalue weighted by Gasteiger charge is -2.09. The summed E-state index contributed by atoms with van der Waals surface area (Å²) in [6.07, 6.45) is 3.55. The Balaban J connectivity index is 2.06. The number of carbonyl (C=O) groups excluding carboxylic acids is 1. The number of hydrogen-bond donors (Lipinski definition) is 1. The van der Waals surface area contributed by atoms with Crippen LogP contribution in [0.3, 0.4) is 0 Å². The minimum absolute atomic E-state index is 0.0574. The Bertz CT molecular complexity index is 195. The lowest BCUT2D eigenvalue weighted by Crippen LogP contribution is -2.27. The summed E-state index contributed by atoms with van der Waals surface area (Å²) < 4.78 is 5.42. The Kier molecular flexibility index (Phi) is 3.96. The van der Waals surface area contributed by atoms with Gasteiger partial charge in [-0.2, -0.15) is 0 Å². The van der Waals surface area contributed by atoms with E-state index in [4.69, 9.17) is 4.74 Å². The zero-order valence-corrected chi connectivity index (χ0v) is 8.14. The molecule has 1 saturated heterocycles. The SMILES string of the molecule is C=C(C)C(=O)NCCC1CCCO1. The monoisotopic (exact) mass is 183 g/mol. The minimum atomic E-state index is -0.0574. The van der Waals surface area contributed by atoms with Crippen molar-refractivity contribution in [3.8, 4) is 0 Å². The lowest BCUT2D eigenvalue weighted by atomic mass is 10.2. The van der Waals surface area contributed by atoms with E-state index >= 15 is 0 Å². The maximum Gasteiger partial charge on any atom is 0.246 e. The second-order valence-electron chi connectivity index (χ2n) is 3.46. The number of amides is 1. The second kappa shape index (κ2) is 5.02. The van der Waals surface area contributed by atoms with E-state index < -0.39 is 0 Å². The highest BCUT2D eigenvalue weighted by molar-refractivity contribution is 5.91. The van der Waals surface area contributed by atoms with Crippen molar-refractivity contribution in [2.45, 2.75) is 32.3 Å². The summed E-state index contributed by atoms with van der Waals surface area (Å²) in [5.41, 5.74) is 0.562. The van der Waals surface area contributed by atoms with E-state index in [9.17, 15) is 4.79 Å². The molecule has 1 N–H and O–H groups in total. The molecule has 0 radical (unpaired) electrons. The topological polar surface area (TPSA) is 38.3 Å². The number of ether oxygens (including phenoxy) is 1. The van der Waals surface area contributed by atoms with Crippen molar-refractivity contribution in [3.05, 3.63) is 12.2 Å². The first-order valence-electron chi connectivity index (χ1n) is 4.75. The van der Waals surface area contributed by atoms with Crippen LogP contribution in [0.1, 0.15) is 26.2 Å². The van der Waals surface area contributed by atoms with Crippen LogP contribution in [0.5, 0.6) is 0 Å². The summed E-state index contributed by atoms with van der Waals surface area (Å²) in [6.45, 7) is 6.84. The van der Waals surface area contributed by atoms with Gasteiger partial charge in [0.05, 0.1) is 6.10 Å². The molecule has 3 heteroatoms. The molecular weight excluding hydrogens is 166 g/mol. The fourth-order valence-corrected chi connectivity index (χ4v) is 1.37. The quantitative estimate of drug-likeness (QED) is 0.666. The third-order valence-corrected chi connectivity index (χ3v) is 2.16. The van der Waals surface area contributed by atoms with Gasteiger partial charge in [0.25, 0.3) is 0 Å². The van der Waals surface area contributed by atoms with Gasteiger partial charge in [-0.05, 0) is 26.2 Å². The molecule has 1 atom stereocenters. The molecule has 1 unspecified atom stereocenters. The Morgan fingerprint density at radius 2 is 2.46 bits per heavy atom. The molecule has 1 heterocycles. The van der Waals surface area contributed by atoms with E-state index in [1.54, 1.807) is 6.92 Å². The highest BCUT2D eigenvalue weighted by atomic mass is 16.5. The first kappa shape index (κ1) is 10.3. The van der Waals surface area contributed by atoms with Crippen molar-refractivity contribution in [2.75, 3.05) is 13.2 Å². The normalized spacial score (nSPS) is 21.5. The number of nitrogens with one attached hydrogen (secondary N) is 1. The summed E-state index contributed by atoms with van der Waals surface area (Å²) in [5.74, 6) is -0.0574. The van der Waals surface area contributed by atoms with Crippen LogP contribution in [-0.2, 0) is 9.53 Å². The molecule has 0 spiro atoms. The van der Waals surface area contributed by atoms with E-state index in [0.717, 1.165) is 25.9 Å². The largest absolute Gasteiger partial charge is 0.378 e. The van der Waals surface area contributed by atoms with Gasteiger partial charge >= 0.3 is 0 Å². The molecule has 0 saturated carbocycles. The van der Waals surface area contributed by atoms with Crippen molar-refractivity contribution < 1.29 is 9.53 Å². The molecule has 1 aliphatic rings. The van der Waals surface area contributed by atoms with E-state index in [1.807, 2.05) is 0 Å². The summed E-state index contributed by atoms with van der Waals surface area (Å²) >= 11 is 0. The van der Waals surface area contributed by atoms with Crippen molar-refractivity contribution in [3.63, 3.8) is 0 Å². The predicted molar refractivity (Wildman–Crippen MR) is 51.4 cm³/mol. The maximum absolute atomic E-state index is 11.1. The van der Waals surface area contributed by atoms with E-state index in [2.05, 4.69) is 11.9 Å². The zero-order valence-electron chi connectivity index (χ0n) is 8.14. The molecule has 1 fully saturated rings. The molecule has 1 rings (SSSR count). The standard InChI is InChI=1S/C10H17NO2/c1-8(2)10(12)11-6-5-9-4-3-7-13-9/h9H,1,3-7H2,2H3,(H,11,12). The van der Waals surface area contributed by atoms with Gasteiger partial charge in [0, 0.05) is 18.7 Å². The summed E-state index contributed by atoms with van der Waals surface area (Å²) in [4.78, 5) is 11.1. The molecule has 0 aromatic heterocycles. The van der Waals surface area contributed by atoms with Crippen LogP contribution in [0, 0.1) is 0 Å². The molecule has 1 aliphatic heterocycles. The van der Waals surface area contributed by atoms with Crippen molar-refractivity contribution in [2.24, 2.45) is 0 Å². The number of hydrogen-bond acceptors (Lipinski definition) is 2. The Morgan fingerprint density at radius 3 is 3.00 bits per heavy atom. The van der Waals surface area contributed by atoms with Gasteiger partial charge in [0.1, 0.15) is 0 Å². The van der Waals surface area contributed by atoms with Crippen LogP contribution in [0.15, 0.2) is 12.2 Å². The van der Waals surface area contributed by atoms with Crippen LogP contribution in [0.4, 0.5) is 0 Å². The van der Waals surface area contributed by atoms with Gasteiger partial charge in [-0.3, -0.25) is 4.79 Å². The summed E-state index contributed by atoms with van der Waals surface area (Å²) in [7, 11) is 0. The van der Waals surface area contributed by atoms with Gasteiger partial charge in [0.2, 0.25) is 5.91 Å². The number of carbonyl (C=O) groups is 1. The molecule has 74 valence electrons. The average Bonchev–Trinajstić information content (AvgIpc) is 2.56. The van der Waals surface area contributed by atoms with Gasteiger partial charge in [-0.1, -0.05) is 6.58 Å². The summed E-state index contributed by atoms with van der Waals surface area (Å²) in [5, 5.41) is 2.79. The molecule has 0 aromatic rings. The first-order valence-corrected chi connectivity index (χ1v) is 4.75. The third kappa shape index (κ3) is 3.59. The first-order chi connectivity index (χ1) is 6.20. The van der Waals surface area contributed by atoms with E-state index in [-0.39, 0.29) is 5.91 Å². The van der Waals surface area contributed by atoms with Crippen LogP contribution >= 0.6 is 0 Å². The smallest absolute Gasteiger partial charge is 0.246 e. The third-order valence-electron chi connectivity index (χ3n) is 2.16. The Labute approximate surface area is 79.2 Å². The lowest BCUT2D eigenvalue weighted by molar-refractivity contribution is -0.117. The Hall–Kier alpha value is -0.830. The highest BCUT2D eigenvalue weighted by Gasteiger charge is 2.14. The van der Waals surface area contributed by atoms with Gasteiger partial charge in [-0.15, -0.1) is 0 Å².